The molecule has 2 fully saturated rings. The lowest BCUT2D eigenvalue weighted by molar-refractivity contribution is -0.934. The Morgan fingerprint density at radius 3 is 2.05 bits per heavy atom. The molecule has 4 aromatic carbocycles. The predicted octanol–water partition coefficient (Wildman–Crippen LogP) is 1.52. The number of ether oxygens (including phenoxy) is 1. The van der Waals surface area contributed by atoms with E-state index >= 15 is 0 Å². The van der Waals surface area contributed by atoms with E-state index in [2.05, 4.69) is 0 Å². The molecule has 1 aromatic heterocycles. The van der Waals surface area contributed by atoms with Crippen LogP contribution in [0.5, 0.6) is 0 Å². The quantitative estimate of drug-likeness (QED) is 0.352. The maximum atomic E-state index is 13.8. The molecule has 0 atom stereocenters. The molecule has 0 spiro atoms. The topological polar surface area (TPSA) is 102 Å². The van der Waals surface area contributed by atoms with Gasteiger partial charge in [-0.2, -0.15) is 0 Å². The van der Waals surface area contributed by atoms with Crippen LogP contribution in [0.2, 0.25) is 0 Å². The van der Waals surface area contributed by atoms with E-state index in [9.17, 15) is 24.0 Å². The van der Waals surface area contributed by atoms with E-state index < -0.39 is 10.9 Å². The molecule has 1 N–H and O–H groups in total. The van der Waals surface area contributed by atoms with E-state index in [1.807, 2.05) is 4.90 Å². The van der Waals surface area contributed by atoms with Gasteiger partial charge in [0, 0.05) is 53.9 Å². The van der Waals surface area contributed by atoms with E-state index in [1.165, 1.54) is 0 Å². The molecule has 0 bridgehead atoms. The van der Waals surface area contributed by atoms with Gasteiger partial charge < -0.3 is 14.5 Å². The summed E-state index contributed by atoms with van der Waals surface area (Å²) in [6, 6.07) is 12.2. The highest BCUT2D eigenvalue weighted by molar-refractivity contribution is 7.25. The van der Waals surface area contributed by atoms with E-state index in [1.54, 1.807) is 47.4 Å². The smallest absolute Gasteiger partial charge is 0.222 e. The van der Waals surface area contributed by atoms with Gasteiger partial charge in [0.25, 0.3) is 0 Å². The lowest BCUT2D eigenvalue weighted by Crippen LogP contribution is -3.18. The maximum absolute atomic E-state index is 13.8. The van der Waals surface area contributed by atoms with Crippen molar-refractivity contribution in [2.24, 2.45) is 0 Å². The van der Waals surface area contributed by atoms with Crippen LogP contribution in [-0.2, 0) is 16.0 Å². The second kappa shape index (κ2) is 10.2. The highest BCUT2D eigenvalue weighted by Gasteiger charge is 2.30. The average Bonchev–Trinajstić information content (AvgIpc) is 3.44. The number of hydrogen-bond acceptors (Lipinski definition) is 7. The Kier molecular flexibility index (Phi) is 6.53. The summed E-state index contributed by atoms with van der Waals surface area (Å²) < 4.78 is 5.77. The number of morpholine rings is 1. The minimum Gasteiger partial charge on any atom is -0.370 e. The predicted molar refractivity (Wildman–Crippen MR) is 161 cm³/mol. The third-order valence-corrected chi connectivity index (χ3v) is 10.1. The molecule has 0 saturated carbocycles. The molecule has 2 aliphatic rings. The average molecular weight is 570 g/mol. The zero-order valence-corrected chi connectivity index (χ0v) is 23.3. The zero-order valence-electron chi connectivity index (χ0n) is 22.5. The number of nitrogens with zero attached hydrogens (tertiary/aromatic N) is 1. The summed E-state index contributed by atoms with van der Waals surface area (Å²) in [5.74, 6) is 0.0949. The lowest BCUT2D eigenvalue weighted by Gasteiger charge is -2.37. The fourth-order valence-corrected chi connectivity index (χ4v) is 7.90. The summed E-state index contributed by atoms with van der Waals surface area (Å²) in [5, 5.41) is 1.11. The first-order valence-corrected chi connectivity index (χ1v) is 15.0. The Bertz CT molecular complexity index is 2060. The SMILES string of the molecule is O=C(CCc1ccc2c(=O)c3sc4c(=O)c5ccccc5c(=O)c4c3c(=O)c2c1)N1CCC([NH+]2CCOCC2)CC1. The van der Waals surface area contributed by atoms with Gasteiger partial charge in [0.1, 0.15) is 13.1 Å². The molecule has 0 radical (unpaired) electrons. The van der Waals surface area contributed by atoms with Crippen LogP contribution in [0.1, 0.15) is 24.8 Å². The highest BCUT2D eigenvalue weighted by atomic mass is 32.1. The maximum Gasteiger partial charge on any atom is 0.222 e. The number of nitrogens with one attached hydrogen (secondary N) is 1. The van der Waals surface area contributed by atoms with Crippen molar-refractivity contribution in [3.05, 3.63) is 88.9 Å². The molecule has 2 aliphatic heterocycles. The van der Waals surface area contributed by atoms with Crippen molar-refractivity contribution in [3.8, 4) is 0 Å². The number of benzene rings is 4. The first-order valence-electron chi connectivity index (χ1n) is 14.2. The van der Waals surface area contributed by atoms with Crippen molar-refractivity contribution in [1.82, 2.24) is 4.90 Å². The van der Waals surface area contributed by atoms with E-state index in [-0.39, 0.29) is 53.1 Å². The Morgan fingerprint density at radius 1 is 0.805 bits per heavy atom. The molecule has 2 saturated heterocycles. The number of carbonyl (C=O) groups excluding carboxylic acids is 1. The first kappa shape index (κ1) is 26.1. The highest BCUT2D eigenvalue weighted by Crippen LogP contribution is 2.29. The van der Waals surface area contributed by atoms with E-state index in [0.717, 1.165) is 69.1 Å². The fourth-order valence-electron chi connectivity index (χ4n) is 6.70. The van der Waals surface area contributed by atoms with Crippen LogP contribution < -0.4 is 26.6 Å². The van der Waals surface area contributed by atoms with Crippen LogP contribution in [0.25, 0.3) is 41.7 Å². The molecule has 41 heavy (non-hydrogen) atoms. The van der Waals surface area contributed by atoms with E-state index in [4.69, 9.17) is 4.74 Å². The molecule has 9 heteroatoms. The Morgan fingerprint density at radius 2 is 1.39 bits per heavy atom. The largest absolute Gasteiger partial charge is 0.370 e. The molecule has 0 aliphatic carbocycles. The monoisotopic (exact) mass is 569 g/mol. The van der Waals surface area contributed by atoms with Crippen molar-refractivity contribution in [2.75, 3.05) is 39.4 Å². The summed E-state index contributed by atoms with van der Waals surface area (Å²) in [5.41, 5.74) is -0.738. The van der Waals surface area contributed by atoms with Gasteiger partial charge in [-0.05, 0) is 24.1 Å². The van der Waals surface area contributed by atoms with E-state index in [0.29, 0.717) is 24.3 Å². The summed E-state index contributed by atoms with van der Waals surface area (Å²) >= 11 is 0.933. The van der Waals surface area contributed by atoms with Gasteiger partial charge >= 0.3 is 0 Å². The number of carbonyl (C=O) groups is 1. The van der Waals surface area contributed by atoms with Gasteiger partial charge in [-0.25, -0.2) is 0 Å². The van der Waals surface area contributed by atoms with Crippen molar-refractivity contribution >= 4 is 59.0 Å². The number of aryl methyl sites for hydroxylation is 1. The van der Waals surface area contributed by atoms with Crippen molar-refractivity contribution in [2.45, 2.75) is 31.7 Å². The minimum atomic E-state index is -0.423. The number of fused-ring (bicyclic) bond motifs is 5. The van der Waals surface area contributed by atoms with Gasteiger partial charge in [0.15, 0.2) is 10.9 Å². The van der Waals surface area contributed by atoms with Crippen LogP contribution in [0.4, 0.5) is 0 Å². The van der Waals surface area contributed by atoms with Gasteiger partial charge in [0.05, 0.1) is 39.4 Å². The Hall–Kier alpha value is -3.79. The van der Waals surface area contributed by atoms with Crippen LogP contribution >= 0.6 is 11.3 Å². The molecule has 3 heterocycles. The van der Waals surface area contributed by atoms with Gasteiger partial charge in [-0.15, -0.1) is 11.3 Å². The Labute approximate surface area is 238 Å². The Balaban J connectivity index is 1.18. The molecule has 208 valence electrons. The number of quaternary nitrogens is 1. The van der Waals surface area contributed by atoms with Crippen molar-refractivity contribution < 1.29 is 14.4 Å². The molecule has 5 aromatic rings. The third kappa shape index (κ3) is 4.31. The van der Waals surface area contributed by atoms with Crippen LogP contribution in [0.15, 0.2) is 61.6 Å². The lowest BCUT2D eigenvalue weighted by atomic mass is 9.99. The molecular weight excluding hydrogens is 540 g/mol. The normalized spacial score (nSPS) is 17.3. The number of piperidine rings is 1. The van der Waals surface area contributed by atoms with Gasteiger partial charge in [-0.3, -0.25) is 24.0 Å². The van der Waals surface area contributed by atoms with Gasteiger partial charge in [0.2, 0.25) is 16.8 Å². The summed E-state index contributed by atoms with van der Waals surface area (Å²) in [6.45, 7) is 5.20. The molecule has 1 amide bonds. The number of hydrogen-bond donors (Lipinski definition) is 1. The molecular formula is C32H29N2O6S+. The van der Waals surface area contributed by atoms with Crippen molar-refractivity contribution in [3.63, 3.8) is 0 Å². The number of rotatable bonds is 4. The number of likely N-dealkylation sites (tertiary alicyclic amines) is 1. The molecule has 8 nitrogen and oxygen atoms in total. The van der Waals surface area contributed by atoms with Crippen LogP contribution in [0, 0.1) is 0 Å². The number of thiophene rings is 1. The van der Waals surface area contributed by atoms with Crippen LogP contribution in [-0.4, -0.2) is 56.2 Å². The van der Waals surface area contributed by atoms with Crippen molar-refractivity contribution in [1.29, 1.82) is 0 Å². The summed E-state index contributed by atoms with van der Waals surface area (Å²) in [7, 11) is 0. The van der Waals surface area contributed by atoms with Crippen LogP contribution in [0.3, 0.4) is 0 Å². The van der Waals surface area contributed by atoms with Gasteiger partial charge in [-0.1, -0.05) is 30.3 Å². The second-order valence-corrected chi connectivity index (χ2v) is 12.2. The molecule has 0 unspecified atom stereocenters. The summed E-state index contributed by atoms with van der Waals surface area (Å²) in [6.07, 6.45) is 2.76. The first-order chi connectivity index (χ1) is 19.9. The number of amides is 1. The molecule has 7 rings (SSSR count). The zero-order chi connectivity index (χ0) is 28.2. The summed E-state index contributed by atoms with van der Waals surface area (Å²) in [4.78, 5) is 70.3. The second-order valence-electron chi connectivity index (χ2n) is 11.2. The fraction of sp³-hybridized carbons (Fsp3) is 0.344. The third-order valence-electron chi connectivity index (χ3n) is 8.95. The standard InChI is InChI=1S/C32H28N2O6S/c35-24(34-11-9-19(10-12-34)33-13-15-40-16-14-33)8-6-18-5-7-22-23(17-18)28(37)26-25-27(36)20-3-1-2-4-21(20)29(38)31(25)41-32(26)30(22)39/h1-5,7,17,19H,6,8-16H2/p+1. The minimum absolute atomic E-state index is 0.0360.